The molecule has 160 valence electrons. The fraction of sp³-hybridized carbons (Fsp3) is 0.632. The highest BCUT2D eigenvalue weighted by Crippen LogP contribution is 2.29. The molecule has 0 radical (unpaired) electrons. The number of nitrogens with zero attached hydrogens (tertiary/aromatic N) is 2. The van der Waals surface area contributed by atoms with Gasteiger partial charge in [-0.3, -0.25) is 9.69 Å². The number of nitrogens with one attached hydrogen (secondary N) is 1. The van der Waals surface area contributed by atoms with Gasteiger partial charge in [-0.25, -0.2) is 0 Å². The van der Waals surface area contributed by atoms with Gasteiger partial charge >= 0.3 is 6.18 Å². The summed E-state index contributed by atoms with van der Waals surface area (Å²) < 4.78 is 38.0. The van der Waals surface area contributed by atoms with Crippen LogP contribution >= 0.6 is 24.8 Å². The third kappa shape index (κ3) is 6.24. The van der Waals surface area contributed by atoms with Crippen molar-refractivity contribution in [2.24, 2.45) is 11.8 Å². The first-order chi connectivity index (χ1) is 12.3. The van der Waals surface area contributed by atoms with Crippen molar-refractivity contribution in [3.05, 3.63) is 35.4 Å². The average Bonchev–Trinajstić information content (AvgIpc) is 2.78. The molecule has 0 spiro atoms. The summed E-state index contributed by atoms with van der Waals surface area (Å²) in [6.07, 6.45) is -3.41. The van der Waals surface area contributed by atoms with Crippen LogP contribution in [0.3, 0.4) is 0 Å². The fourth-order valence-electron chi connectivity index (χ4n) is 3.56. The quantitative estimate of drug-likeness (QED) is 0.776. The lowest BCUT2D eigenvalue weighted by molar-refractivity contribution is -0.138. The molecule has 0 aromatic heterocycles. The van der Waals surface area contributed by atoms with Gasteiger partial charge in [0, 0.05) is 38.6 Å². The van der Waals surface area contributed by atoms with E-state index in [1.807, 2.05) is 11.8 Å². The van der Waals surface area contributed by atoms with Gasteiger partial charge in [0.1, 0.15) is 0 Å². The second-order valence-electron chi connectivity index (χ2n) is 7.36. The lowest BCUT2D eigenvalue weighted by atomic mass is 9.88. The molecule has 4 nitrogen and oxygen atoms in total. The maximum atomic E-state index is 12.7. The molecule has 2 aliphatic rings. The van der Waals surface area contributed by atoms with Crippen LogP contribution in [-0.4, -0.2) is 55.0 Å². The molecular weight excluding hydrogens is 414 g/mol. The topological polar surface area (TPSA) is 35.6 Å². The monoisotopic (exact) mass is 441 g/mol. The summed E-state index contributed by atoms with van der Waals surface area (Å²) in [4.78, 5) is 16.8. The average molecular weight is 442 g/mol. The van der Waals surface area contributed by atoms with E-state index in [0.29, 0.717) is 19.0 Å². The zero-order chi connectivity index (χ0) is 18.7. The molecule has 28 heavy (non-hydrogen) atoms. The zero-order valence-corrected chi connectivity index (χ0v) is 17.5. The van der Waals surface area contributed by atoms with Gasteiger partial charge in [-0.05, 0) is 43.1 Å². The lowest BCUT2D eigenvalue weighted by Crippen LogP contribution is -2.50. The summed E-state index contributed by atoms with van der Waals surface area (Å²) >= 11 is 0. The van der Waals surface area contributed by atoms with Crippen molar-refractivity contribution in [2.45, 2.75) is 26.1 Å². The normalized spacial score (nSPS) is 19.6. The second kappa shape index (κ2) is 10.7. The van der Waals surface area contributed by atoms with E-state index in [9.17, 15) is 18.0 Å². The van der Waals surface area contributed by atoms with Crippen LogP contribution in [0.15, 0.2) is 24.3 Å². The minimum absolute atomic E-state index is 0. The predicted octanol–water partition coefficient (Wildman–Crippen LogP) is 3.44. The molecule has 0 saturated carbocycles. The molecule has 2 aliphatic heterocycles. The maximum Gasteiger partial charge on any atom is 0.416 e. The number of hydrogen-bond acceptors (Lipinski definition) is 3. The second-order valence-corrected chi connectivity index (χ2v) is 7.36. The van der Waals surface area contributed by atoms with Crippen molar-refractivity contribution in [1.29, 1.82) is 0 Å². The number of benzene rings is 1. The summed E-state index contributed by atoms with van der Waals surface area (Å²) in [7, 11) is 0. The van der Waals surface area contributed by atoms with Crippen LogP contribution in [0.2, 0.25) is 0 Å². The van der Waals surface area contributed by atoms with Crippen LogP contribution in [0.25, 0.3) is 0 Å². The summed E-state index contributed by atoms with van der Waals surface area (Å²) in [6, 6.07) is 5.36. The Bertz CT molecular complexity index is 624. The van der Waals surface area contributed by atoms with Gasteiger partial charge in [0.15, 0.2) is 0 Å². The minimum Gasteiger partial charge on any atom is -0.341 e. The van der Waals surface area contributed by atoms with Gasteiger partial charge in [-0.15, -0.1) is 24.8 Å². The summed E-state index contributed by atoms with van der Waals surface area (Å²) in [5.41, 5.74) is 0.250. The zero-order valence-electron chi connectivity index (χ0n) is 15.9. The number of carbonyl (C=O) groups is 1. The Morgan fingerprint density at radius 2 is 1.75 bits per heavy atom. The standard InChI is InChI=1S/C19H26F3N3O.2ClH/c1-14(16-11-23-12-16)18(26)25-8-2-7-24(9-10-25)13-15-3-5-17(6-4-15)19(20,21)22;;/h3-6,14,16,23H,2,7-13H2,1H3;2*1H. The van der Waals surface area contributed by atoms with E-state index in [1.54, 1.807) is 12.1 Å². The number of hydrogen-bond donors (Lipinski definition) is 1. The van der Waals surface area contributed by atoms with Crippen LogP contribution in [0.1, 0.15) is 24.5 Å². The molecule has 2 heterocycles. The first kappa shape index (κ1) is 25.0. The van der Waals surface area contributed by atoms with E-state index >= 15 is 0 Å². The molecule has 1 unspecified atom stereocenters. The molecule has 2 fully saturated rings. The number of halogens is 5. The Kier molecular flexibility index (Phi) is 9.53. The van der Waals surface area contributed by atoms with E-state index in [0.717, 1.165) is 56.8 Å². The predicted molar refractivity (Wildman–Crippen MR) is 108 cm³/mol. The van der Waals surface area contributed by atoms with Crippen LogP contribution in [0.4, 0.5) is 13.2 Å². The lowest BCUT2D eigenvalue weighted by Gasteiger charge is -2.34. The van der Waals surface area contributed by atoms with Crippen molar-refractivity contribution in [3.8, 4) is 0 Å². The molecule has 1 atom stereocenters. The Labute approximate surface area is 176 Å². The summed E-state index contributed by atoms with van der Waals surface area (Å²) in [6.45, 7) is 7.51. The molecule has 2 saturated heterocycles. The molecule has 1 aromatic carbocycles. The fourth-order valence-corrected chi connectivity index (χ4v) is 3.56. The van der Waals surface area contributed by atoms with E-state index in [-0.39, 0.29) is 36.6 Å². The van der Waals surface area contributed by atoms with Crippen LogP contribution in [0, 0.1) is 11.8 Å². The van der Waals surface area contributed by atoms with Crippen LogP contribution < -0.4 is 5.32 Å². The third-order valence-corrected chi connectivity index (χ3v) is 5.50. The van der Waals surface area contributed by atoms with E-state index in [2.05, 4.69) is 10.2 Å². The molecule has 1 N–H and O–H groups in total. The highest BCUT2D eigenvalue weighted by molar-refractivity contribution is 5.85. The highest BCUT2D eigenvalue weighted by atomic mass is 35.5. The number of alkyl halides is 3. The van der Waals surface area contributed by atoms with Gasteiger partial charge in [-0.2, -0.15) is 13.2 Å². The number of rotatable bonds is 4. The minimum atomic E-state index is -4.30. The summed E-state index contributed by atoms with van der Waals surface area (Å²) in [5, 5.41) is 3.21. The molecule has 0 bridgehead atoms. The number of amides is 1. The Balaban J connectivity index is 0.00000196. The SMILES string of the molecule is CC(C(=O)N1CCCN(Cc2ccc(C(F)(F)F)cc2)CC1)C1CNC1.Cl.Cl. The van der Waals surface area contributed by atoms with E-state index < -0.39 is 11.7 Å². The maximum absolute atomic E-state index is 12.7. The molecule has 1 amide bonds. The highest BCUT2D eigenvalue weighted by Gasteiger charge is 2.32. The smallest absolute Gasteiger partial charge is 0.341 e. The van der Waals surface area contributed by atoms with E-state index in [1.165, 1.54) is 0 Å². The van der Waals surface area contributed by atoms with Crippen LogP contribution in [-0.2, 0) is 17.5 Å². The molecule has 9 heteroatoms. The molecular formula is C19H28Cl2F3N3O. The van der Waals surface area contributed by atoms with Crippen molar-refractivity contribution in [2.75, 3.05) is 39.3 Å². The van der Waals surface area contributed by atoms with Crippen molar-refractivity contribution < 1.29 is 18.0 Å². The Morgan fingerprint density at radius 1 is 1.11 bits per heavy atom. The first-order valence-electron chi connectivity index (χ1n) is 9.22. The van der Waals surface area contributed by atoms with Gasteiger partial charge in [0.05, 0.1) is 5.56 Å². The first-order valence-corrected chi connectivity index (χ1v) is 9.22. The Hall–Kier alpha value is -1.02. The largest absolute Gasteiger partial charge is 0.416 e. The van der Waals surface area contributed by atoms with Gasteiger partial charge in [0.2, 0.25) is 5.91 Å². The summed E-state index contributed by atoms with van der Waals surface area (Å²) in [5.74, 6) is 0.722. The van der Waals surface area contributed by atoms with Gasteiger partial charge in [-0.1, -0.05) is 19.1 Å². The third-order valence-electron chi connectivity index (χ3n) is 5.50. The molecule has 0 aliphatic carbocycles. The van der Waals surface area contributed by atoms with Gasteiger partial charge in [0.25, 0.3) is 0 Å². The molecule has 3 rings (SSSR count). The van der Waals surface area contributed by atoms with Gasteiger partial charge < -0.3 is 10.2 Å². The Morgan fingerprint density at radius 3 is 2.29 bits per heavy atom. The van der Waals surface area contributed by atoms with E-state index in [4.69, 9.17) is 0 Å². The molecule has 1 aromatic rings. The number of carbonyl (C=O) groups excluding carboxylic acids is 1. The van der Waals surface area contributed by atoms with Crippen LogP contribution in [0.5, 0.6) is 0 Å². The van der Waals surface area contributed by atoms with Crippen molar-refractivity contribution in [3.63, 3.8) is 0 Å². The van der Waals surface area contributed by atoms with Crippen molar-refractivity contribution in [1.82, 2.24) is 15.1 Å². The van der Waals surface area contributed by atoms with Crippen molar-refractivity contribution >= 4 is 30.7 Å².